The SMILES string of the molecule is CNC(=O)c1cc(Oc2ccc3c(c2)[C@H]2[C@H](C)[C@H]2O3)ccn1. The molecule has 5 nitrogen and oxygen atoms in total. The number of nitrogens with zero attached hydrogens (tertiary/aromatic N) is 1. The van der Waals surface area contributed by atoms with Crippen LogP contribution in [0.4, 0.5) is 0 Å². The number of hydrogen-bond donors (Lipinski definition) is 1. The summed E-state index contributed by atoms with van der Waals surface area (Å²) in [6.45, 7) is 2.20. The van der Waals surface area contributed by atoms with Gasteiger partial charge in [0.2, 0.25) is 0 Å². The zero-order valence-corrected chi connectivity index (χ0v) is 12.4. The van der Waals surface area contributed by atoms with E-state index in [9.17, 15) is 4.79 Å². The van der Waals surface area contributed by atoms with E-state index >= 15 is 0 Å². The summed E-state index contributed by atoms with van der Waals surface area (Å²) in [5.41, 5.74) is 1.55. The van der Waals surface area contributed by atoms with E-state index in [4.69, 9.17) is 9.47 Å². The number of aromatic nitrogens is 1. The number of nitrogens with one attached hydrogen (secondary N) is 1. The Hall–Kier alpha value is -2.56. The number of ether oxygens (including phenoxy) is 2. The molecule has 0 saturated heterocycles. The molecule has 22 heavy (non-hydrogen) atoms. The number of hydrogen-bond acceptors (Lipinski definition) is 4. The van der Waals surface area contributed by atoms with Crippen molar-refractivity contribution in [2.75, 3.05) is 7.05 Å². The Balaban J connectivity index is 1.58. The Morgan fingerprint density at radius 1 is 1.27 bits per heavy atom. The number of carbonyl (C=O) groups excluding carboxylic acids is 1. The molecule has 2 aromatic rings. The van der Waals surface area contributed by atoms with Crippen molar-refractivity contribution in [1.82, 2.24) is 10.3 Å². The van der Waals surface area contributed by atoms with Gasteiger partial charge in [-0.1, -0.05) is 6.92 Å². The monoisotopic (exact) mass is 296 g/mol. The molecule has 1 saturated carbocycles. The molecule has 1 N–H and O–H groups in total. The lowest BCUT2D eigenvalue weighted by molar-refractivity contribution is 0.0958. The molecule has 1 amide bonds. The standard InChI is InChI=1S/C17H16N2O3/c1-9-15-12-7-10(3-4-14(12)22-16(9)15)21-11-5-6-19-13(8-11)17(20)18-2/h3-9,15-16H,1-2H3,(H,18,20)/t9-,15+,16+/m0/s1. The van der Waals surface area contributed by atoms with Gasteiger partial charge in [-0.3, -0.25) is 9.78 Å². The van der Waals surface area contributed by atoms with Gasteiger partial charge in [0, 0.05) is 36.7 Å². The summed E-state index contributed by atoms with van der Waals surface area (Å²) >= 11 is 0. The van der Waals surface area contributed by atoms with Crippen LogP contribution >= 0.6 is 0 Å². The van der Waals surface area contributed by atoms with Gasteiger partial charge in [0.1, 0.15) is 29.0 Å². The molecule has 2 heterocycles. The first-order chi connectivity index (χ1) is 10.7. The zero-order valence-electron chi connectivity index (χ0n) is 12.4. The molecular weight excluding hydrogens is 280 g/mol. The molecule has 0 unspecified atom stereocenters. The van der Waals surface area contributed by atoms with Crippen molar-refractivity contribution in [1.29, 1.82) is 0 Å². The maximum absolute atomic E-state index is 11.6. The fourth-order valence-corrected chi connectivity index (χ4v) is 3.03. The van der Waals surface area contributed by atoms with E-state index in [0.29, 0.717) is 29.4 Å². The minimum absolute atomic E-state index is 0.234. The van der Waals surface area contributed by atoms with Crippen LogP contribution in [-0.2, 0) is 0 Å². The molecule has 1 fully saturated rings. The second-order valence-electron chi connectivity index (χ2n) is 5.72. The van der Waals surface area contributed by atoms with E-state index in [1.165, 1.54) is 5.56 Å². The van der Waals surface area contributed by atoms with Crippen LogP contribution in [0, 0.1) is 5.92 Å². The van der Waals surface area contributed by atoms with Crippen molar-refractivity contribution in [3.05, 3.63) is 47.8 Å². The molecule has 1 aliphatic heterocycles. The predicted molar refractivity (Wildman–Crippen MR) is 80.5 cm³/mol. The number of fused-ring (bicyclic) bond motifs is 3. The van der Waals surface area contributed by atoms with E-state index in [1.54, 1.807) is 25.4 Å². The molecule has 4 rings (SSSR count). The molecule has 0 bridgehead atoms. The number of benzene rings is 1. The van der Waals surface area contributed by atoms with Gasteiger partial charge in [-0.2, -0.15) is 0 Å². The Morgan fingerprint density at radius 2 is 2.09 bits per heavy atom. The average molecular weight is 296 g/mol. The van der Waals surface area contributed by atoms with E-state index in [0.717, 1.165) is 11.5 Å². The van der Waals surface area contributed by atoms with Crippen molar-refractivity contribution in [3.8, 4) is 17.2 Å². The minimum Gasteiger partial charge on any atom is -0.489 e. The van der Waals surface area contributed by atoms with Crippen molar-refractivity contribution >= 4 is 5.91 Å². The Bertz CT molecular complexity index is 759. The second kappa shape index (κ2) is 4.73. The lowest BCUT2D eigenvalue weighted by atomic mass is 10.1. The Morgan fingerprint density at radius 3 is 2.91 bits per heavy atom. The number of carbonyl (C=O) groups is 1. The third kappa shape index (κ3) is 2.01. The maximum Gasteiger partial charge on any atom is 0.269 e. The summed E-state index contributed by atoms with van der Waals surface area (Å²) in [5, 5.41) is 2.55. The lowest BCUT2D eigenvalue weighted by Crippen LogP contribution is -2.18. The molecule has 5 heteroatoms. The predicted octanol–water partition coefficient (Wildman–Crippen LogP) is 2.73. The maximum atomic E-state index is 11.6. The molecule has 112 valence electrons. The Labute approximate surface area is 128 Å². The van der Waals surface area contributed by atoms with Crippen molar-refractivity contribution in [2.24, 2.45) is 5.92 Å². The molecule has 1 aromatic heterocycles. The van der Waals surface area contributed by atoms with Crippen LogP contribution in [0.25, 0.3) is 0 Å². The van der Waals surface area contributed by atoms with Crippen LogP contribution in [0.3, 0.4) is 0 Å². The minimum atomic E-state index is -0.234. The molecular formula is C17H16N2O3. The van der Waals surface area contributed by atoms with Crippen molar-refractivity contribution in [2.45, 2.75) is 18.9 Å². The summed E-state index contributed by atoms with van der Waals surface area (Å²) in [4.78, 5) is 15.6. The first-order valence-corrected chi connectivity index (χ1v) is 7.34. The summed E-state index contributed by atoms with van der Waals surface area (Å²) in [5.74, 6) is 3.15. The van der Waals surface area contributed by atoms with Gasteiger partial charge in [0.25, 0.3) is 5.91 Å². The molecule has 0 radical (unpaired) electrons. The van der Waals surface area contributed by atoms with E-state index in [1.807, 2.05) is 18.2 Å². The van der Waals surface area contributed by atoms with Crippen molar-refractivity contribution < 1.29 is 14.3 Å². The first-order valence-electron chi connectivity index (χ1n) is 7.34. The normalized spacial score (nSPS) is 24.0. The van der Waals surface area contributed by atoms with Crippen LogP contribution < -0.4 is 14.8 Å². The smallest absolute Gasteiger partial charge is 0.269 e. The lowest BCUT2D eigenvalue weighted by Gasteiger charge is -2.10. The Kier molecular flexibility index (Phi) is 2.82. The van der Waals surface area contributed by atoms with Crippen molar-refractivity contribution in [3.63, 3.8) is 0 Å². The zero-order chi connectivity index (χ0) is 15.3. The molecule has 1 aliphatic carbocycles. The summed E-state index contributed by atoms with van der Waals surface area (Å²) < 4.78 is 11.7. The van der Waals surface area contributed by atoms with Gasteiger partial charge in [-0.25, -0.2) is 0 Å². The van der Waals surface area contributed by atoms with Crippen LogP contribution in [0.2, 0.25) is 0 Å². The van der Waals surface area contributed by atoms with E-state index < -0.39 is 0 Å². The highest BCUT2D eigenvalue weighted by atomic mass is 16.5. The number of amides is 1. The summed E-state index contributed by atoms with van der Waals surface area (Å²) in [7, 11) is 1.57. The average Bonchev–Trinajstić information content (AvgIpc) is 3.01. The third-order valence-corrected chi connectivity index (χ3v) is 4.33. The van der Waals surface area contributed by atoms with Crippen LogP contribution in [0.1, 0.15) is 28.9 Å². The second-order valence-corrected chi connectivity index (χ2v) is 5.72. The summed E-state index contributed by atoms with van der Waals surface area (Å²) in [6.07, 6.45) is 1.90. The highest BCUT2D eigenvalue weighted by Crippen LogP contribution is 2.58. The largest absolute Gasteiger partial charge is 0.489 e. The third-order valence-electron chi connectivity index (χ3n) is 4.33. The van der Waals surface area contributed by atoms with Crippen LogP contribution in [-0.4, -0.2) is 24.0 Å². The van der Waals surface area contributed by atoms with Gasteiger partial charge in [0.05, 0.1) is 0 Å². The van der Waals surface area contributed by atoms with Gasteiger partial charge < -0.3 is 14.8 Å². The number of pyridine rings is 1. The van der Waals surface area contributed by atoms with E-state index in [2.05, 4.69) is 17.2 Å². The molecule has 3 atom stereocenters. The van der Waals surface area contributed by atoms with E-state index in [-0.39, 0.29) is 5.91 Å². The van der Waals surface area contributed by atoms with Gasteiger partial charge in [-0.15, -0.1) is 0 Å². The van der Waals surface area contributed by atoms with Gasteiger partial charge >= 0.3 is 0 Å². The van der Waals surface area contributed by atoms with Crippen LogP contribution in [0.5, 0.6) is 17.2 Å². The fraction of sp³-hybridized carbons (Fsp3) is 0.294. The summed E-state index contributed by atoms with van der Waals surface area (Å²) in [6, 6.07) is 9.23. The first kappa shape index (κ1) is 13.1. The van der Waals surface area contributed by atoms with Crippen LogP contribution in [0.15, 0.2) is 36.5 Å². The highest BCUT2D eigenvalue weighted by molar-refractivity contribution is 5.92. The molecule has 1 aromatic carbocycles. The number of rotatable bonds is 3. The van der Waals surface area contributed by atoms with Gasteiger partial charge in [0.15, 0.2) is 0 Å². The molecule has 2 aliphatic rings. The topological polar surface area (TPSA) is 60.5 Å². The fourth-order valence-electron chi connectivity index (χ4n) is 3.03. The van der Waals surface area contributed by atoms with Gasteiger partial charge in [-0.05, 0) is 24.3 Å². The highest BCUT2D eigenvalue weighted by Gasteiger charge is 2.55. The quantitative estimate of drug-likeness (QED) is 0.946. The molecule has 0 spiro atoms.